The zero-order valence-corrected chi connectivity index (χ0v) is 17.1. The van der Waals surface area contributed by atoms with Crippen LogP contribution in [0.5, 0.6) is 0 Å². The zero-order chi connectivity index (χ0) is 20.4. The summed E-state index contributed by atoms with van der Waals surface area (Å²) in [6.07, 6.45) is 1.61. The van der Waals surface area contributed by atoms with Gasteiger partial charge in [-0.3, -0.25) is 4.68 Å². The van der Waals surface area contributed by atoms with Gasteiger partial charge in [-0.1, -0.05) is 29.3 Å². The van der Waals surface area contributed by atoms with Crippen molar-refractivity contribution in [3.05, 3.63) is 64.0 Å². The Kier molecular flexibility index (Phi) is 5.91. The van der Waals surface area contributed by atoms with Crippen molar-refractivity contribution in [1.29, 1.82) is 0 Å². The number of nitrogens with one attached hydrogen (secondary N) is 2. The Balaban J connectivity index is 1.84. The van der Waals surface area contributed by atoms with Crippen LogP contribution >= 0.6 is 23.2 Å². The first-order chi connectivity index (χ1) is 13.3. The minimum Gasteiger partial charge on any atom is -0.308 e. The van der Waals surface area contributed by atoms with Gasteiger partial charge in [0.25, 0.3) is 0 Å². The van der Waals surface area contributed by atoms with E-state index in [1.54, 1.807) is 12.3 Å². The van der Waals surface area contributed by atoms with Gasteiger partial charge in [-0.2, -0.15) is 5.10 Å². The number of carbonyl (C=O) groups excluding carboxylic acids is 1. The van der Waals surface area contributed by atoms with Crippen molar-refractivity contribution in [3.63, 3.8) is 0 Å². The van der Waals surface area contributed by atoms with E-state index in [2.05, 4.69) is 15.7 Å². The number of rotatable bonds is 4. The number of benzene rings is 2. The van der Waals surface area contributed by atoms with Crippen molar-refractivity contribution in [1.82, 2.24) is 9.78 Å². The van der Waals surface area contributed by atoms with Gasteiger partial charge in [0.05, 0.1) is 21.9 Å². The SMILES string of the molecule is Cc1ccc(NC(=O)Nc2ccc(F)c(Cl)c2)cc1-c1c(Cl)cnn1C(C)C. The molecule has 28 heavy (non-hydrogen) atoms. The molecule has 2 aromatic carbocycles. The second kappa shape index (κ2) is 8.20. The molecule has 1 aromatic heterocycles. The summed E-state index contributed by atoms with van der Waals surface area (Å²) in [7, 11) is 0. The Morgan fingerprint density at radius 3 is 2.36 bits per heavy atom. The normalized spacial score (nSPS) is 11.0. The van der Waals surface area contributed by atoms with E-state index in [0.29, 0.717) is 16.4 Å². The maximum atomic E-state index is 13.2. The van der Waals surface area contributed by atoms with Crippen molar-refractivity contribution >= 4 is 40.6 Å². The van der Waals surface area contributed by atoms with Crippen LogP contribution in [0.15, 0.2) is 42.6 Å². The molecule has 0 aliphatic heterocycles. The van der Waals surface area contributed by atoms with Crippen LogP contribution in [0.2, 0.25) is 10.0 Å². The minimum atomic E-state index is -0.547. The second-order valence-corrected chi connectivity index (χ2v) is 7.43. The molecule has 8 heteroatoms. The topological polar surface area (TPSA) is 59.0 Å². The average molecular weight is 421 g/mol. The maximum absolute atomic E-state index is 13.2. The number of aromatic nitrogens is 2. The number of carbonyl (C=O) groups is 1. The van der Waals surface area contributed by atoms with Gasteiger partial charge in [0.15, 0.2) is 0 Å². The molecule has 0 aliphatic rings. The fraction of sp³-hybridized carbons (Fsp3) is 0.200. The third-order valence-corrected chi connectivity index (χ3v) is 4.73. The summed E-state index contributed by atoms with van der Waals surface area (Å²) >= 11 is 12.1. The monoisotopic (exact) mass is 420 g/mol. The number of halogens is 3. The van der Waals surface area contributed by atoms with Crippen molar-refractivity contribution in [2.75, 3.05) is 10.6 Å². The molecular formula is C20H19Cl2FN4O. The van der Waals surface area contributed by atoms with E-state index >= 15 is 0 Å². The third-order valence-electron chi connectivity index (χ3n) is 4.17. The summed E-state index contributed by atoms with van der Waals surface area (Å²) in [5, 5.41) is 10.2. The zero-order valence-electron chi connectivity index (χ0n) is 15.6. The van der Waals surface area contributed by atoms with Gasteiger partial charge in [0, 0.05) is 23.0 Å². The first-order valence-electron chi connectivity index (χ1n) is 8.63. The van der Waals surface area contributed by atoms with Gasteiger partial charge < -0.3 is 10.6 Å². The van der Waals surface area contributed by atoms with Crippen LogP contribution < -0.4 is 10.6 Å². The fourth-order valence-electron chi connectivity index (χ4n) is 2.81. The van der Waals surface area contributed by atoms with Gasteiger partial charge in [-0.15, -0.1) is 0 Å². The van der Waals surface area contributed by atoms with Crippen molar-refractivity contribution in [3.8, 4) is 11.3 Å². The molecule has 0 atom stereocenters. The number of aryl methyl sites for hydroxylation is 1. The van der Waals surface area contributed by atoms with E-state index < -0.39 is 11.8 Å². The highest BCUT2D eigenvalue weighted by Crippen LogP contribution is 2.34. The van der Waals surface area contributed by atoms with Gasteiger partial charge in [-0.25, -0.2) is 9.18 Å². The third kappa shape index (κ3) is 4.29. The quantitative estimate of drug-likeness (QED) is 0.503. The van der Waals surface area contributed by atoms with E-state index in [9.17, 15) is 9.18 Å². The Morgan fingerprint density at radius 1 is 1.07 bits per heavy atom. The Labute approximate surface area is 172 Å². The molecule has 2 amide bonds. The summed E-state index contributed by atoms with van der Waals surface area (Å²) in [6.45, 7) is 6.00. The molecule has 5 nitrogen and oxygen atoms in total. The van der Waals surface area contributed by atoms with Crippen LogP contribution in [0, 0.1) is 12.7 Å². The van der Waals surface area contributed by atoms with E-state index in [1.165, 1.54) is 18.2 Å². The summed E-state index contributed by atoms with van der Waals surface area (Å²) in [5.74, 6) is -0.547. The lowest BCUT2D eigenvalue weighted by molar-refractivity contribution is 0.262. The summed E-state index contributed by atoms with van der Waals surface area (Å²) in [5.41, 5.74) is 3.64. The van der Waals surface area contributed by atoms with Crippen molar-refractivity contribution in [2.45, 2.75) is 26.8 Å². The molecule has 0 unspecified atom stereocenters. The van der Waals surface area contributed by atoms with Gasteiger partial charge in [-0.05, 0) is 56.7 Å². The van der Waals surface area contributed by atoms with Crippen LogP contribution in [0.3, 0.4) is 0 Å². The Morgan fingerprint density at radius 2 is 1.71 bits per heavy atom. The molecule has 0 aliphatic carbocycles. The lowest BCUT2D eigenvalue weighted by Gasteiger charge is -2.15. The molecule has 0 saturated carbocycles. The highest BCUT2D eigenvalue weighted by atomic mass is 35.5. The van der Waals surface area contributed by atoms with Crippen LogP contribution in [0.1, 0.15) is 25.5 Å². The molecular weight excluding hydrogens is 402 g/mol. The van der Waals surface area contributed by atoms with Gasteiger partial charge >= 0.3 is 6.03 Å². The Hall–Kier alpha value is -2.57. The molecule has 1 heterocycles. The minimum absolute atomic E-state index is 0.0630. The molecule has 0 fully saturated rings. The summed E-state index contributed by atoms with van der Waals surface area (Å²) in [6, 6.07) is 9.16. The second-order valence-electron chi connectivity index (χ2n) is 6.62. The van der Waals surface area contributed by atoms with E-state index in [-0.39, 0.29) is 11.1 Å². The largest absolute Gasteiger partial charge is 0.323 e. The first-order valence-corrected chi connectivity index (χ1v) is 9.39. The van der Waals surface area contributed by atoms with Crippen LogP contribution in [-0.2, 0) is 0 Å². The molecule has 3 aromatic rings. The maximum Gasteiger partial charge on any atom is 0.323 e. The fourth-order valence-corrected chi connectivity index (χ4v) is 3.22. The molecule has 0 radical (unpaired) electrons. The standard InChI is InChI=1S/C20H19Cl2FN4O/c1-11(2)27-19(17(22)10-24-27)15-8-13(5-4-12(15)3)25-20(28)26-14-6-7-18(23)16(21)9-14/h4-11H,1-3H3,(H2,25,26,28). The van der Waals surface area contributed by atoms with Crippen molar-refractivity contribution in [2.24, 2.45) is 0 Å². The number of hydrogen-bond donors (Lipinski definition) is 2. The van der Waals surface area contributed by atoms with E-state index in [4.69, 9.17) is 23.2 Å². The van der Waals surface area contributed by atoms with Gasteiger partial charge in [0.1, 0.15) is 5.82 Å². The van der Waals surface area contributed by atoms with E-state index in [1.807, 2.05) is 37.6 Å². The lowest BCUT2D eigenvalue weighted by Crippen LogP contribution is -2.19. The molecule has 146 valence electrons. The number of nitrogens with zero attached hydrogens (tertiary/aromatic N) is 2. The molecule has 2 N–H and O–H groups in total. The number of anilines is 2. The van der Waals surface area contributed by atoms with E-state index in [0.717, 1.165) is 16.8 Å². The average Bonchev–Trinajstić information content (AvgIpc) is 3.01. The van der Waals surface area contributed by atoms with Crippen LogP contribution in [0.4, 0.5) is 20.6 Å². The number of urea groups is 1. The molecule has 0 spiro atoms. The predicted molar refractivity (Wildman–Crippen MR) is 112 cm³/mol. The first kappa shape index (κ1) is 20.2. The lowest BCUT2D eigenvalue weighted by atomic mass is 10.0. The molecule has 0 saturated heterocycles. The van der Waals surface area contributed by atoms with Crippen molar-refractivity contribution < 1.29 is 9.18 Å². The van der Waals surface area contributed by atoms with Crippen LogP contribution in [-0.4, -0.2) is 15.8 Å². The number of amides is 2. The highest BCUT2D eigenvalue weighted by molar-refractivity contribution is 6.33. The smallest absolute Gasteiger partial charge is 0.308 e. The predicted octanol–water partition coefficient (Wildman–Crippen LogP) is 6.53. The van der Waals surface area contributed by atoms with Crippen LogP contribution in [0.25, 0.3) is 11.3 Å². The molecule has 0 bridgehead atoms. The molecule has 3 rings (SSSR count). The summed E-state index contributed by atoms with van der Waals surface area (Å²) in [4.78, 5) is 12.3. The summed E-state index contributed by atoms with van der Waals surface area (Å²) < 4.78 is 15.1. The Bertz CT molecular complexity index is 1030. The van der Waals surface area contributed by atoms with Gasteiger partial charge in [0.2, 0.25) is 0 Å². The highest BCUT2D eigenvalue weighted by Gasteiger charge is 2.16. The number of hydrogen-bond acceptors (Lipinski definition) is 2.